The quantitative estimate of drug-likeness (QED) is 0.773. The average Bonchev–Trinajstić information content (AvgIpc) is 2.80. The molecule has 0 spiro atoms. The number of benzene rings is 1. The van der Waals surface area contributed by atoms with Crippen LogP contribution >= 0.6 is 0 Å². The maximum absolute atomic E-state index is 11.9. The molecular weight excluding hydrogens is 238 g/mol. The van der Waals surface area contributed by atoms with Gasteiger partial charge in [0.25, 0.3) is 0 Å². The molecule has 0 amide bonds. The van der Waals surface area contributed by atoms with Crippen molar-refractivity contribution in [3.8, 4) is 0 Å². The van der Waals surface area contributed by atoms with E-state index in [9.17, 15) is 4.79 Å². The van der Waals surface area contributed by atoms with Crippen LogP contribution in [0, 0.1) is 0 Å². The van der Waals surface area contributed by atoms with Crippen LogP contribution in [-0.4, -0.2) is 17.6 Å². The molecule has 0 saturated carbocycles. The lowest BCUT2D eigenvalue weighted by molar-refractivity contribution is -0.143. The average molecular weight is 257 g/mol. The Morgan fingerprint density at radius 2 is 2.00 bits per heavy atom. The summed E-state index contributed by atoms with van der Waals surface area (Å²) in [5, 5.41) is 1.30. The highest BCUT2D eigenvalue weighted by Crippen LogP contribution is 2.34. The van der Waals surface area contributed by atoms with Crippen LogP contribution in [0.3, 0.4) is 0 Å². The van der Waals surface area contributed by atoms with Crippen molar-refractivity contribution < 1.29 is 9.53 Å². The maximum atomic E-state index is 11.9. The van der Waals surface area contributed by atoms with E-state index in [2.05, 4.69) is 22.8 Å². The highest BCUT2D eigenvalue weighted by Gasteiger charge is 2.25. The lowest BCUT2D eigenvalue weighted by atomic mass is 9.95. The molecule has 0 saturated heterocycles. The second-order valence-corrected chi connectivity index (χ2v) is 5.22. The summed E-state index contributed by atoms with van der Waals surface area (Å²) in [7, 11) is 1.46. The fourth-order valence-corrected chi connectivity index (χ4v) is 3.25. The van der Waals surface area contributed by atoms with Gasteiger partial charge in [-0.05, 0) is 44.2 Å². The zero-order valence-corrected chi connectivity index (χ0v) is 11.5. The Balaban J connectivity index is 2.25. The van der Waals surface area contributed by atoms with Gasteiger partial charge in [-0.1, -0.05) is 18.2 Å². The Labute approximate surface area is 113 Å². The second-order valence-electron chi connectivity index (χ2n) is 5.22. The molecular formula is C16H19NO2. The number of hydrogen-bond donors (Lipinski definition) is 0. The van der Waals surface area contributed by atoms with E-state index in [4.69, 9.17) is 4.74 Å². The van der Waals surface area contributed by atoms with Crippen molar-refractivity contribution in [2.24, 2.45) is 0 Å². The van der Waals surface area contributed by atoms with Crippen molar-refractivity contribution in [3.63, 3.8) is 0 Å². The molecule has 3 heteroatoms. The normalized spacial score (nSPS) is 16.1. The third kappa shape index (κ3) is 1.84. The van der Waals surface area contributed by atoms with Gasteiger partial charge >= 0.3 is 5.97 Å². The van der Waals surface area contributed by atoms with Crippen LogP contribution in [0.1, 0.15) is 37.1 Å². The predicted octanol–water partition coefficient (Wildman–Crippen LogP) is 3.25. The summed E-state index contributed by atoms with van der Waals surface area (Å²) in [5.74, 6) is -0.172. The van der Waals surface area contributed by atoms with Gasteiger partial charge in [-0.15, -0.1) is 0 Å². The van der Waals surface area contributed by atoms with Gasteiger partial charge in [0.1, 0.15) is 6.04 Å². The minimum Gasteiger partial charge on any atom is -0.467 e. The van der Waals surface area contributed by atoms with Crippen molar-refractivity contribution in [3.05, 3.63) is 35.5 Å². The van der Waals surface area contributed by atoms with Crippen LogP contribution < -0.4 is 0 Å². The van der Waals surface area contributed by atoms with Gasteiger partial charge in [0.05, 0.1) is 7.11 Å². The summed E-state index contributed by atoms with van der Waals surface area (Å²) in [6, 6.07) is 8.13. The van der Waals surface area contributed by atoms with Crippen LogP contribution in [0.25, 0.3) is 10.9 Å². The number of para-hydroxylation sites is 1. The molecule has 1 atom stereocenters. The SMILES string of the molecule is COC(=O)[C@@H](C)n1c2c(c3ccccc31)CCCC2. The highest BCUT2D eigenvalue weighted by atomic mass is 16.5. The number of methoxy groups -OCH3 is 1. The first-order valence-electron chi connectivity index (χ1n) is 6.92. The Bertz CT molecular complexity index is 627. The molecule has 0 bridgehead atoms. The van der Waals surface area contributed by atoms with E-state index in [0.29, 0.717) is 0 Å². The standard InChI is InChI=1S/C16H19NO2/c1-11(16(18)19-2)17-14-9-5-3-7-12(14)13-8-4-6-10-15(13)17/h3,5,7,9,11H,4,6,8,10H2,1-2H3/t11-/m1/s1. The molecule has 2 aromatic rings. The molecule has 0 N–H and O–H groups in total. The summed E-state index contributed by atoms with van der Waals surface area (Å²) in [6.45, 7) is 1.92. The van der Waals surface area contributed by atoms with E-state index in [-0.39, 0.29) is 12.0 Å². The lowest BCUT2D eigenvalue weighted by Gasteiger charge is -2.19. The topological polar surface area (TPSA) is 31.2 Å². The maximum Gasteiger partial charge on any atom is 0.328 e. The number of hydrogen-bond acceptors (Lipinski definition) is 2. The van der Waals surface area contributed by atoms with Gasteiger partial charge in [-0.3, -0.25) is 0 Å². The number of carbonyl (C=O) groups is 1. The smallest absolute Gasteiger partial charge is 0.328 e. The first-order chi connectivity index (χ1) is 9.24. The van der Waals surface area contributed by atoms with Crippen LogP contribution in [0.5, 0.6) is 0 Å². The minimum atomic E-state index is -0.253. The predicted molar refractivity (Wildman–Crippen MR) is 75.3 cm³/mol. The molecule has 0 aliphatic heterocycles. The fraction of sp³-hybridized carbons (Fsp3) is 0.438. The van der Waals surface area contributed by atoms with E-state index in [0.717, 1.165) is 18.4 Å². The molecule has 1 aromatic heterocycles. The zero-order chi connectivity index (χ0) is 13.4. The highest BCUT2D eigenvalue weighted by molar-refractivity contribution is 5.88. The molecule has 1 aliphatic rings. The Kier molecular flexibility index (Phi) is 3.05. The molecule has 19 heavy (non-hydrogen) atoms. The third-order valence-electron chi connectivity index (χ3n) is 4.15. The van der Waals surface area contributed by atoms with Gasteiger partial charge < -0.3 is 9.30 Å². The minimum absolute atomic E-state index is 0.172. The van der Waals surface area contributed by atoms with Crippen molar-refractivity contribution in [2.75, 3.05) is 7.11 Å². The van der Waals surface area contributed by atoms with Crippen LogP contribution in [0.15, 0.2) is 24.3 Å². The largest absolute Gasteiger partial charge is 0.467 e. The summed E-state index contributed by atoms with van der Waals surface area (Å²) < 4.78 is 7.09. The van der Waals surface area contributed by atoms with Gasteiger partial charge in [0.2, 0.25) is 0 Å². The summed E-state index contributed by atoms with van der Waals surface area (Å²) in [6.07, 6.45) is 4.63. The number of aromatic nitrogens is 1. The van der Waals surface area contributed by atoms with E-state index < -0.39 is 0 Å². The first kappa shape index (κ1) is 12.3. The summed E-state index contributed by atoms with van der Waals surface area (Å²) >= 11 is 0. The van der Waals surface area contributed by atoms with Crippen molar-refractivity contribution in [1.29, 1.82) is 0 Å². The number of rotatable bonds is 2. The summed E-state index contributed by atoms with van der Waals surface area (Å²) in [5.41, 5.74) is 3.91. The molecule has 0 unspecified atom stereocenters. The molecule has 0 radical (unpaired) electrons. The van der Waals surface area contributed by atoms with E-state index >= 15 is 0 Å². The van der Waals surface area contributed by atoms with Crippen molar-refractivity contribution in [2.45, 2.75) is 38.6 Å². The van der Waals surface area contributed by atoms with Crippen molar-refractivity contribution in [1.82, 2.24) is 4.57 Å². The Hall–Kier alpha value is -1.77. The van der Waals surface area contributed by atoms with Crippen LogP contribution in [0.2, 0.25) is 0 Å². The number of carbonyl (C=O) groups excluding carboxylic acids is 1. The number of fused-ring (bicyclic) bond motifs is 3. The number of ether oxygens (including phenoxy) is 1. The van der Waals surface area contributed by atoms with E-state index in [1.807, 2.05) is 13.0 Å². The molecule has 1 heterocycles. The van der Waals surface area contributed by atoms with E-state index in [1.165, 1.54) is 36.6 Å². The first-order valence-corrected chi connectivity index (χ1v) is 6.92. The van der Waals surface area contributed by atoms with Gasteiger partial charge in [-0.2, -0.15) is 0 Å². The monoisotopic (exact) mass is 257 g/mol. The molecule has 3 nitrogen and oxygen atoms in total. The van der Waals surface area contributed by atoms with Gasteiger partial charge in [0.15, 0.2) is 0 Å². The molecule has 1 aliphatic carbocycles. The Morgan fingerprint density at radius 1 is 1.26 bits per heavy atom. The number of esters is 1. The van der Waals surface area contributed by atoms with Crippen molar-refractivity contribution >= 4 is 16.9 Å². The molecule has 3 rings (SSSR count). The van der Waals surface area contributed by atoms with Crippen LogP contribution in [0.4, 0.5) is 0 Å². The number of aryl methyl sites for hydroxylation is 1. The summed E-state index contributed by atoms with van der Waals surface area (Å²) in [4.78, 5) is 11.9. The van der Waals surface area contributed by atoms with E-state index in [1.54, 1.807) is 0 Å². The zero-order valence-electron chi connectivity index (χ0n) is 11.5. The Morgan fingerprint density at radius 3 is 2.79 bits per heavy atom. The van der Waals surface area contributed by atoms with Gasteiger partial charge in [-0.25, -0.2) is 4.79 Å². The molecule has 100 valence electrons. The van der Waals surface area contributed by atoms with Crippen LogP contribution in [-0.2, 0) is 22.4 Å². The third-order valence-corrected chi connectivity index (χ3v) is 4.15. The molecule has 1 aromatic carbocycles. The number of nitrogens with zero attached hydrogens (tertiary/aromatic N) is 1. The second kappa shape index (κ2) is 4.72. The lowest BCUT2D eigenvalue weighted by Crippen LogP contribution is -2.20. The fourth-order valence-electron chi connectivity index (χ4n) is 3.25. The van der Waals surface area contributed by atoms with Gasteiger partial charge in [0, 0.05) is 16.6 Å². The molecule has 0 fully saturated rings.